The lowest BCUT2D eigenvalue weighted by Gasteiger charge is -2.26. The molecule has 1 amide bonds. The van der Waals surface area contributed by atoms with Gasteiger partial charge in [-0.25, -0.2) is 0 Å². The summed E-state index contributed by atoms with van der Waals surface area (Å²) < 4.78 is 0. The normalized spacial score (nSPS) is 13.9. The summed E-state index contributed by atoms with van der Waals surface area (Å²) in [6, 6.07) is 0.346. The molecule has 0 aromatic carbocycles. The van der Waals surface area contributed by atoms with Crippen molar-refractivity contribution in [3.63, 3.8) is 0 Å². The van der Waals surface area contributed by atoms with Crippen molar-refractivity contribution in [2.45, 2.75) is 60.4 Å². The highest BCUT2D eigenvalue weighted by molar-refractivity contribution is 14.0. The molecule has 0 aromatic heterocycles. The zero-order valence-electron chi connectivity index (χ0n) is 15.5. The second-order valence-corrected chi connectivity index (χ2v) is 7.53. The van der Waals surface area contributed by atoms with E-state index >= 15 is 0 Å². The van der Waals surface area contributed by atoms with E-state index < -0.39 is 5.41 Å². The molecule has 5 nitrogen and oxygen atoms in total. The average Bonchev–Trinajstić information content (AvgIpc) is 2.39. The van der Waals surface area contributed by atoms with Crippen LogP contribution in [0.15, 0.2) is 4.99 Å². The van der Waals surface area contributed by atoms with E-state index in [2.05, 4.69) is 48.6 Å². The maximum absolute atomic E-state index is 11.8. The molecule has 1 unspecified atom stereocenters. The lowest BCUT2D eigenvalue weighted by Crippen LogP contribution is -2.49. The van der Waals surface area contributed by atoms with E-state index in [1.165, 1.54) is 0 Å². The number of hydrogen-bond acceptors (Lipinski definition) is 2. The third-order valence-corrected chi connectivity index (χ3v) is 3.47. The van der Waals surface area contributed by atoms with Gasteiger partial charge in [-0.2, -0.15) is 0 Å². The molecule has 0 aliphatic heterocycles. The van der Waals surface area contributed by atoms with Crippen molar-refractivity contribution in [1.29, 1.82) is 0 Å². The first kappa shape index (κ1) is 23.7. The van der Waals surface area contributed by atoms with E-state index in [1.54, 1.807) is 14.1 Å². The van der Waals surface area contributed by atoms with Crippen LogP contribution in [0.1, 0.15) is 54.4 Å². The van der Waals surface area contributed by atoms with Gasteiger partial charge in [-0.15, -0.1) is 24.0 Å². The van der Waals surface area contributed by atoms with E-state index in [0.29, 0.717) is 18.0 Å². The molecular weight excluding hydrogens is 391 g/mol. The van der Waals surface area contributed by atoms with E-state index in [0.717, 1.165) is 18.8 Å². The fourth-order valence-corrected chi connectivity index (χ4v) is 1.87. The maximum atomic E-state index is 11.8. The van der Waals surface area contributed by atoms with Gasteiger partial charge in [0.25, 0.3) is 0 Å². The lowest BCUT2D eigenvalue weighted by molar-refractivity contribution is -0.128. The summed E-state index contributed by atoms with van der Waals surface area (Å²) in [4.78, 5) is 16.0. The Morgan fingerprint density at radius 1 is 1.18 bits per heavy atom. The summed E-state index contributed by atoms with van der Waals surface area (Å²) >= 11 is 0. The SMILES string of the molecule is CN=C(NCC(C)(C)C(=O)NC)NC(C)CCC(C)(C)C.I. The predicted octanol–water partition coefficient (Wildman–Crippen LogP) is 2.76. The first-order valence-electron chi connectivity index (χ1n) is 7.71. The highest BCUT2D eigenvalue weighted by Gasteiger charge is 2.26. The Labute approximate surface area is 153 Å². The van der Waals surface area contributed by atoms with Crippen LogP contribution in [-0.4, -0.2) is 38.5 Å². The summed E-state index contributed by atoms with van der Waals surface area (Å²) in [7, 11) is 3.41. The van der Waals surface area contributed by atoms with Crippen molar-refractivity contribution in [2.24, 2.45) is 15.8 Å². The molecule has 0 radical (unpaired) electrons. The molecule has 0 saturated carbocycles. The van der Waals surface area contributed by atoms with Crippen LogP contribution >= 0.6 is 24.0 Å². The van der Waals surface area contributed by atoms with Crippen molar-refractivity contribution in [2.75, 3.05) is 20.6 Å². The summed E-state index contributed by atoms with van der Waals surface area (Å²) in [6.45, 7) is 13.3. The molecule has 1 atom stereocenters. The Balaban J connectivity index is 0. The van der Waals surface area contributed by atoms with Crippen LogP contribution in [0, 0.1) is 10.8 Å². The molecule has 0 aromatic rings. The van der Waals surface area contributed by atoms with Crippen LogP contribution < -0.4 is 16.0 Å². The Bertz CT molecular complexity index is 362. The van der Waals surface area contributed by atoms with Gasteiger partial charge in [0.05, 0.1) is 5.41 Å². The Kier molecular flexibility index (Phi) is 11.1. The molecule has 0 rings (SSSR count). The monoisotopic (exact) mass is 426 g/mol. The first-order valence-corrected chi connectivity index (χ1v) is 7.71. The summed E-state index contributed by atoms with van der Waals surface area (Å²) in [5.41, 5.74) is -0.130. The molecule has 0 aliphatic rings. The summed E-state index contributed by atoms with van der Waals surface area (Å²) in [5, 5.41) is 9.29. The van der Waals surface area contributed by atoms with Crippen LogP contribution in [0.5, 0.6) is 0 Å². The van der Waals surface area contributed by atoms with Gasteiger partial charge in [-0.3, -0.25) is 9.79 Å². The molecular formula is C16H35IN4O. The fourth-order valence-electron chi connectivity index (χ4n) is 1.87. The average molecular weight is 426 g/mol. The number of carbonyl (C=O) groups is 1. The van der Waals surface area contributed by atoms with Crippen molar-refractivity contribution >= 4 is 35.8 Å². The number of nitrogens with zero attached hydrogens (tertiary/aromatic N) is 1. The van der Waals surface area contributed by atoms with Crippen molar-refractivity contribution in [3.8, 4) is 0 Å². The van der Waals surface area contributed by atoms with E-state index in [-0.39, 0.29) is 29.9 Å². The van der Waals surface area contributed by atoms with Crippen LogP contribution in [-0.2, 0) is 4.79 Å². The third kappa shape index (κ3) is 10.2. The number of rotatable bonds is 6. The fraction of sp³-hybridized carbons (Fsp3) is 0.875. The largest absolute Gasteiger partial charge is 0.359 e. The van der Waals surface area contributed by atoms with Gasteiger partial charge in [-0.05, 0) is 39.0 Å². The van der Waals surface area contributed by atoms with Gasteiger partial charge >= 0.3 is 0 Å². The van der Waals surface area contributed by atoms with Gasteiger partial charge in [0.1, 0.15) is 0 Å². The van der Waals surface area contributed by atoms with Crippen LogP contribution in [0.3, 0.4) is 0 Å². The molecule has 0 saturated heterocycles. The van der Waals surface area contributed by atoms with Crippen molar-refractivity contribution < 1.29 is 4.79 Å². The van der Waals surface area contributed by atoms with Crippen molar-refractivity contribution in [3.05, 3.63) is 0 Å². The van der Waals surface area contributed by atoms with Crippen molar-refractivity contribution in [1.82, 2.24) is 16.0 Å². The van der Waals surface area contributed by atoms with Gasteiger partial charge in [0.2, 0.25) is 5.91 Å². The summed E-state index contributed by atoms with van der Waals surface area (Å²) in [6.07, 6.45) is 2.24. The quantitative estimate of drug-likeness (QED) is 0.348. The van der Waals surface area contributed by atoms with Crippen LogP contribution in [0.2, 0.25) is 0 Å². The molecule has 0 bridgehead atoms. The topological polar surface area (TPSA) is 65.5 Å². The van der Waals surface area contributed by atoms with E-state index in [9.17, 15) is 4.79 Å². The minimum absolute atomic E-state index is 0. The minimum Gasteiger partial charge on any atom is -0.359 e. The Morgan fingerprint density at radius 3 is 2.14 bits per heavy atom. The maximum Gasteiger partial charge on any atom is 0.227 e. The van der Waals surface area contributed by atoms with E-state index in [1.807, 2.05) is 13.8 Å². The van der Waals surface area contributed by atoms with Gasteiger partial charge in [0, 0.05) is 26.7 Å². The smallest absolute Gasteiger partial charge is 0.227 e. The van der Waals surface area contributed by atoms with Gasteiger partial charge < -0.3 is 16.0 Å². The second-order valence-electron chi connectivity index (χ2n) is 7.53. The number of halogens is 1. The van der Waals surface area contributed by atoms with E-state index in [4.69, 9.17) is 0 Å². The molecule has 6 heteroatoms. The number of amides is 1. The molecule has 0 aliphatic carbocycles. The molecule has 22 heavy (non-hydrogen) atoms. The predicted molar refractivity (Wildman–Crippen MR) is 106 cm³/mol. The zero-order valence-corrected chi connectivity index (χ0v) is 17.8. The number of nitrogens with one attached hydrogen (secondary N) is 3. The standard InChI is InChI=1S/C16H34N4O.HI/c1-12(9-10-15(2,3)4)20-14(18-8)19-11-16(5,6)13(21)17-7;/h12H,9-11H2,1-8H3,(H,17,21)(H2,18,19,20);1H. The second kappa shape index (κ2) is 10.3. The third-order valence-electron chi connectivity index (χ3n) is 3.47. The zero-order chi connectivity index (χ0) is 16.7. The number of guanidine groups is 1. The Morgan fingerprint density at radius 2 is 1.73 bits per heavy atom. The first-order chi connectivity index (χ1) is 9.51. The molecule has 0 heterocycles. The molecule has 0 fully saturated rings. The van der Waals surface area contributed by atoms with Crippen LogP contribution in [0.4, 0.5) is 0 Å². The minimum atomic E-state index is -0.471. The molecule has 132 valence electrons. The Hall–Kier alpha value is -0.530. The number of hydrogen-bond donors (Lipinski definition) is 3. The van der Waals surface area contributed by atoms with Crippen LogP contribution in [0.25, 0.3) is 0 Å². The van der Waals surface area contributed by atoms with Gasteiger partial charge in [0.15, 0.2) is 5.96 Å². The van der Waals surface area contributed by atoms with Gasteiger partial charge in [-0.1, -0.05) is 20.8 Å². The molecule has 3 N–H and O–H groups in total. The highest BCUT2D eigenvalue weighted by Crippen LogP contribution is 2.21. The number of carbonyl (C=O) groups excluding carboxylic acids is 1. The lowest BCUT2D eigenvalue weighted by atomic mass is 9.89. The number of aliphatic imine (C=N–C) groups is 1. The summed E-state index contributed by atoms with van der Waals surface area (Å²) in [5.74, 6) is 0.764. The molecule has 0 spiro atoms. The highest BCUT2D eigenvalue weighted by atomic mass is 127.